The molecule has 1 fully saturated rings. The molecule has 0 unspecified atom stereocenters. The van der Waals surface area contributed by atoms with Crippen molar-refractivity contribution < 1.29 is 9.59 Å². The highest BCUT2D eigenvalue weighted by Crippen LogP contribution is 2.11. The van der Waals surface area contributed by atoms with Gasteiger partial charge in [-0.25, -0.2) is 4.68 Å². The van der Waals surface area contributed by atoms with Crippen molar-refractivity contribution in [1.82, 2.24) is 24.6 Å². The van der Waals surface area contributed by atoms with E-state index >= 15 is 0 Å². The van der Waals surface area contributed by atoms with Gasteiger partial charge in [0.05, 0.1) is 11.3 Å². The Morgan fingerprint density at radius 1 is 1.08 bits per heavy atom. The molecule has 0 aliphatic carbocycles. The van der Waals surface area contributed by atoms with E-state index in [1.807, 2.05) is 19.9 Å². The largest absolute Gasteiger partial charge is 0.384 e. The molecule has 0 saturated carbocycles. The number of nitrogens with zero attached hydrogens (tertiary/aromatic N) is 5. The molecule has 1 saturated heterocycles. The van der Waals surface area contributed by atoms with Gasteiger partial charge in [0, 0.05) is 44.6 Å². The lowest BCUT2D eigenvalue weighted by atomic mass is 10.2. The third kappa shape index (κ3) is 4.01. The van der Waals surface area contributed by atoms with E-state index < -0.39 is 0 Å². The van der Waals surface area contributed by atoms with E-state index in [1.54, 1.807) is 28.3 Å². The van der Waals surface area contributed by atoms with Gasteiger partial charge in [-0.15, -0.1) is 0 Å². The van der Waals surface area contributed by atoms with Crippen LogP contribution in [-0.4, -0.2) is 62.6 Å². The maximum absolute atomic E-state index is 12.7. The topological polar surface area (TPSA) is 97.4 Å². The Morgan fingerprint density at radius 3 is 2.50 bits per heavy atom. The zero-order valence-electron chi connectivity index (χ0n) is 15.2. The second kappa shape index (κ2) is 7.55. The van der Waals surface area contributed by atoms with Gasteiger partial charge in [0.1, 0.15) is 12.4 Å². The van der Waals surface area contributed by atoms with Crippen LogP contribution in [0.25, 0.3) is 0 Å². The quantitative estimate of drug-likeness (QED) is 0.879. The number of rotatable bonds is 3. The third-order valence-electron chi connectivity index (χ3n) is 4.48. The zero-order valence-corrected chi connectivity index (χ0v) is 15.2. The fraction of sp³-hybridized carbons (Fsp3) is 0.444. The van der Waals surface area contributed by atoms with Crippen molar-refractivity contribution in [2.24, 2.45) is 0 Å². The Bertz CT molecular complexity index is 816. The van der Waals surface area contributed by atoms with Crippen LogP contribution >= 0.6 is 0 Å². The first kappa shape index (κ1) is 17.9. The summed E-state index contributed by atoms with van der Waals surface area (Å²) in [6, 6.07) is 3.58. The Labute approximate surface area is 152 Å². The fourth-order valence-electron chi connectivity index (χ4n) is 3.14. The van der Waals surface area contributed by atoms with Crippen LogP contribution in [0.4, 0.5) is 5.82 Å². The molecule has 8 heteroatoms. The van der Waals surface area contributed by atoms with Crippen molar-refractivity contribution in [3.05, 3.63) is 41.3 Å². The second-order valence-electron chi connectivity index (χ2n) is 6.65. The average Bonchev–Trinajstić information content (AvgIpc) is 2.80. The van der Waals surface area contributed by atoms with Crippen LogP contribution in [0.1, 0.15) is 28.0 Å². The van der Waals surface area contributed by atoms with Gasteiger partial charge in [0.2, 0.25) is 5.91 Å². The van der Waals surface area contributed by atoms with Gasteiger partial charge in [-0.05, 0) is 31.9 Å². The molecule has 0 radical (unpaired) electrons. The van der Waals surface area contributed by atoms with E-state index in [0.29, 0.717) is 37.6 Å². The van der Waals surface area contributed by atoms with E-state index in [1.165, 1.54) is 4.68 Å². The Balaban J connectivity index is 1.61. The van der Waals surface area contributed by atoms with E-state index in [-0.39, 0.29) is 18.4 Å². The number of nitrogens with two attached hydrogens (primary N) is 1. The molecular weight excluding hydrogens is 332 g/mol. The SMILES string of the molecule is Cc1cncc(C(=O)N2CCCN(C(=O)Cn3nc(C)cc3N)CC2)c1. The smallest absolute Gasteiger partial charge is 0.255 e. The number of carbonyl (C=O) groups excluding carboxylic acids is 2. The Kier molecular flexibility index (Phi) is 5.20. The molecule has 138 valence electrons. The van der Waals surface area contributed by atoms with E-state index in [9.17, 15) is 9.59 Å². The van der Waals surface area contributed by atoms with Crippen LogP contribution in [0, 0.1) is 13.8 Å². The minimum Gasteiger partial charge on any atom is -0.384 e. The summed E-state index contributed by atoms with van der Waals surface area (Å²) in [4.78, 5) is 32.9. The van der Waals surface area contributed by atoms with E-state index in [4.69, 9.17) is 5.73 Å². The highest BCUT2D eigenvalue weighted by Gasteiger charge is 2.23. The average molecular weight is 356 g/mol. The molecule has 0 spiro atoms. The number of carbonyl (C=O) groups is 2. The predicted octanol–water partition coefficient (Wildman–Crippen LogP) is 0.852. The lowest BCUT2D eigenvalue weighted by Gasteiger charge is -2.22. The minimum atomic E-state index is -0.0394. The van der Waals surface area contributed by atoms with Crippen LogP contribution in [-0.2, 0) is 11.3 Å². The summed E-state index contributed by atoms with van der Waals surface area (Å²) in [6.07, 6.45) is 4.05. The molecule has 2 N–H and O–H groups in total. The number of nitrogen functional groups attached to an aromatic ring is 1. The van der Waals surface area contributed by atoms with Crippen LogP contribution in [0.15, 0.2) is 24.5 Å². The number of aryl methyl sites for hydroxylation is 2. The molecule has 2 aromatic rings. The van der Waals surface area contributed by atoms with Crippen LogP contribution in [0.5, 0.6) is 0 Å². The number of amides is 2. The number of hydrogen-bond donors (Lipinski definition) is 1. The highest BCUT2D eigenvalue weighted by molar-refractivity contribution is 5.94. The number of hydrogen-bond acceptors (Lipinski definition) is 5. The van der Waals surface area contributed by atoms with Crippen LogP contribution in [0.3, 0.4) is 0 Å². The van der Waals surface area contributed by atoms with E-state index in [0.717, 1.165) is 17.7 Å². The molecular formula is C18H24N6O2. The van der Waals surface area contributed by atoms with Gasteiger partial charge in [-0.3, -0.25) is 14.6 Å². The summed E-state index contributed by atoms with van der Waals surface area (Å²) in [5, 5.41) is 4.23. The van der Waals surface area contributed by atoms with Crippen molar-refractivity contribution in [2.75, 3.05) is 31.9 Å². The monoisotopic (exact) mass is 356 g/mol. The van der Waals surface area contributed by atoms with Crippen molar-refractivity contribution in [2.45, 2.75) is 26.8 Å². The van der Waals surface area contributed by atoms with Gasteiger partial charge in [-0.2, -0.15) is 5.10 Å². The number of aromatic nitrogens is 3. The van der Waals surface area contributed by atoms with Crippen LogP contribution < -0.4 is 5.73 Å². The van der Waals surface area contributed by atoms with Crippen molar-refractivity contribution in [3.8, 4) is 0 Å². The van der Waals surface area contributed by atoms with Gasteiger partial charge < -0.3 is 15.5 Å². The minimum absolute atomic E-state index is 0.0358. The lowest BCUT2D eigenvalue weighted by molar-refractivity contribution is -0.131. The van der Waals surface area contributed by atoms with Gasteiger partial charge in [0.15, 0.2) is 0 Å². The molecule has 0 bridgehead atoms. The first-order valence-electron chi connectivity index (χ1n) is 8.72. The normalized spacial score (nSPS) is 15.0. The maximum atomic E-state index is 12.7. The third-order valence-corrected chi connectivity index (χ3v) is 4.48. The van der Waals surface area contributed by atoms with Gasteiger partial charge >= 0.3 is 0 Å². The summed E-state index contributed by atoms with van der Waals surface area (Å²) >= 11 is 0. The molecule has 3 heterocycles. The van der Waals surface area contributed by atoms with Crippen molar-refractivity contribution in [1.29, 1.82) is 0 Å². The molecule has 0 aromatic carbocycles. The number of pyridine rings is 1. The zero-order chi connectivity index (χ0) is 18.7. The second-order valence-corrected chi connectivity index (χ2v) is 6.65. The summed E-state index contributed by atoms with van der Waals surface area (Å²) in [7, 11) is 0. The molecule has 26 heavy (non-hydrogen) atoms. The van der Waals surface area contributed by atoms with E-state index in [2.05, 4.69) is 10.1 Å². The van der Waals surface area contributed by atoms with Crippen molar-refractivity contribution in [3.63, 3.8) is 0 Å². The molecule has 8 nitrogen and oxygen atoms in total. The molecule has 3 rings (SSSR count). The first-order chi connectivity index (χ1) is 12.4. The molecule has 2 aromatic heterocycles. The summed E-state index contributed by atoms with van der Waals surface area (Å²) in [6.45, 7) is 6.13. The summed E-state index contributed by atoms with van der Waals surface area (Å²) in [5.74, 6) is 0.406. The lowest BCUT2D eigenvalue weighted by Crippen LogP contribution is -2.39. The predicted molar refractivity (Wildman–Crippen MR) is 97.5 cm³/mol. The molecule has 2 amide bonds. The fourth-order valence-corrected chi connectivity index (χ4v) is 3.14. The van der Waals surface area contributed by atoms with Gasteiger partial charge in [0.25, 0.3) is 5.91 Å². The van der Waals surface area contributed by atoms with Crippen molar-refractivity contribution >= 4 is 17.6 Å². The standard InChI is InChI=1S/C18H24N6O2/c1-13-8-15(11-20-10-13)18(26)23-5-3-4-22(6-7-23)17(25)12-24-16(19)9-14(2)21-24/h8-11H,3-7,12,19H2,1-2H3. The summed E-state index contributed by atoms with van der Waals surface area (Å²) in [5.41, 5.74) is 8.19. The van der Waals surface area contributed by atoms with Crippen LogP contribution in [0.2, 0.25) is 0 Å². The Hall–Kier alpha value is -2.90. The Morgan fingerprint density at radius 2 is 1.81 bits per heavy atom. The molecule has 1 aliphatic heterocycles. The first-order valence-corrected chi connectivity index (χ1v) is 8.72. The number of anilines is 1. The molecule has 0 atom stereocenters. The molecule has 1 aliphatic rings. The maximum Gasteiger partial charge on any atom is 0.255 e. The van der Waals surface area contributed by atoms with Gasteiger partial charge in [-0.1, -0.05) is 0 Å². The summed E-state index contributed by atoms with van der Waals surface area (Å²) < 4.78 is 1.52. The highest BCUT2D eigenvalue weighted by atomic mass is 16.2.